The van der Waals surface area contributed by atoms with Crippen molar-refractivity contribution in [3.63, 3.8) is 0 Å². The molecule has 2 aromatic rings. The molecule has 0 atom stereocenters. The summed E-state index contributed by atoms with van der Waals surface area (Å²) in [5.41, 5.74) is 2.22. The van der Waals surface area contributed by atoms with Crippen molar-refractivity contribution in [1.29, 1.82) is 0 Å². The van der Waals surface area contributed by atoms with Crippen molar-refractivity contribution in [2.24, 2.45) is 5.92 Å². The Bertz CT molecular complexity index is 559. The van der Waals surface area contributed by atoms with Gasteiger partial charge in [0.2, 0.25) is 11.8 Å². The zero-order chi connectivity index (χ0) is 13.9. The van der Waals surface area contributed by atoms with Gasteiger partial charge in [0.1, 0.15) is 0 Å². The molecule has 1 aliphatic rings. The van der Waals surface area contributed by atoms with Gasteiger partial charge >= 0.3 is 0 Å². The Kier molecular flexibility index (Phi) is 5.37. The Labute approximate surface area is 132 Å². The molecule has 1 saturated heterocycles. The number of nitrogens with zero attached hydrogens (tertiary/aromatic N) is 3. The minimum absolute atomic E-state index is 0. The first-order valence-corrected chi connectivity index (χ1v) is 7.32. The van der Waals surface area contributed by atoms with E-state index in [1.54, 1.807) is 0 Å². The van der Waals surface area contributed by atoms with Gasteiger partial charge in [0.25, 0.3) is 0 Å². The van der Waals surface area contributed by atoms with Crippen LogP contribution in [0.25, 0.3) is 11.5 Å². The summed E-state index contributed by atoms with van der Waals surface area (Å²) in [7, 11) is 0. The number of aryl methyl sites for hydroxylation is 1. The van der Waals surface area contributed by atoms with Crippen LogP contribution in [0.5, 0.6) is 0 Å². The molecule has 0 N–H and O–H groups in total. The number of halogens is 1. The number of piperidine rings is 1. The van der Waals surface area contributed by atoms with E-state index in [2.05, 4.69) is 41.1 Å². The van der Waals surface area contributed by atoms with E-state index >= 15 is 0 Å². The molecule has 0 spiro atoms. The Morgan fingerprint density at radius 2 is 1.81 bits per heavy atom. The van der Waals surface area contributed by atoms with Crippen molar-refractivity contribution in [3.05, 3.63) is 35.7 Å². The van der Waals surface area contributed by atoms with Gasteiger partial charge in [0, 0.05) is 5.56 Å². The van der Waals surface area contributed by atoms with E-state index in [9.17, 15) is 0 Å². The summed E-state index contributed by atoms with van der Waals surface area (Å²) in [4.78, 5) is 2.40. The first kappa shape index (κ1) is 16.0. The van der Waals surface area contributed by atoms with E-state index in [1.807, 2.05) is 12.1 Å². The molecule has 21 heavy (non-hydrogen) atoms. The van der Waals surface area contributed by atoms with Crippen LogP contribution in [-0.2, 0) is 6.54 Å². The van der Waals surface area contributed by atoms with Gasteiger partial charge in [-0.15, -0.1) is 22.6 Å². The zero-order valence-electron chi connectivity index (χ0n) is 12.6. The molecule has 0 saturated carbocycles. The highest BCUT2D eigenvalue weighted by molar-refractivity contribution is 5.85. The lowest BCUT2D eigenvalue weighted by atomic mass is 9.99. The molecule has 2 heterocycles. The summed E-state index contributed by atoms with van der Waals surface area (Å²) >= 11 is 0. The quantitative estimate of drug-likeness (QED) is 0.867. The van der Waals surface area contributed by atoms with Crippen LogP contribution in [-0.4, -0.2) is 28.2 Å². The Balaban J connectivity index is 0.00000161. The van der Waals surface area contributed by atoms with Gasteiger partial charge in [0.05, 0.1) is 6.54 Å². The molecule has 4 nitrogen and oxygen atoms in total. The fourth-order valence-electron chi connectivity index (χ4n) is 2.54. The molecule has 0 amide bonds. The summed E-state index contributed by atoms with van der Waals surface area (Å²) in [5.74, 6) is 2.18. The number of hydrogen-bond donors (Lipinski definition) is 0. The molecular formula is C16H22ClN3O. The summed E-state index contributed by atoms with van der Waals surface area (Å²) in [6.45, 7) is 7.41. The normalized spacial score (nSPS) is 16.7. The van der Waals surface area contributed by atoms with E-state index in [0.29, 0.717) is 5.89 Å². The minimum Gasteiger partial charge on any atom is -0.419 e. The largest absolute Gasteiger partial charge is 0.419 e. The maximum atomic E-state index is 5.78. The number of benzene rings is 1. The number of hydrogen-bond acceptors (Lipinski definition) is 4. The third-order valence-corrected chi connectivity index (χ3v) is 4.00. The first-order chi connectivity index (χ1) is 9.70. The lowest BCUT2D eigenvalue weighted by Crippen LogP contribution is -2.32. The van der Waals surface area contributed by atoms with Crippen LogP contribution < -0.4 is 0 Å². The fourth-order valence-corrected chi connectivity index (χ4v) is 2.54. The minimum atomic E-state index is 0. The fraction of sp³-hybridized carbons (Fsp3) is 0.500. The number of likely N-dealkylation sites (tertiary alicyclic amines) is 1. The summed E-state index contributed by atoms with van der Waals surface area (Å²) in [6, 6.07) is 8.17. The van der Waals surface area contributed by atoms with Crippen LogP contribution in [0.15, 0.2) is 28.7 Å². The van der Waals surface area contributed by atoms with Crippen LogP contribution in [0, 0.1) is 12.8 Å². The van der Waals surface area contributed by atoms with Crippen molar-refractivity contribution in [1.82, 2.24) is 15.1 Å². The predicted molar refractivity (Wildman–Crippen MR) is 85.4 cm³/mol. The highest BCUT2D eigenvalue weighted by Crippen LogP contribution is 2.21. The van der Waals surface area contributed by atoms with Gasteiger partial charge in [0.15, 0.2) is 0 Å². The predicted octanol–water partition coefficient (Wildman–Crippen LogP) is 3.70. The molecule has 0 radical (unpaired) electrons. The molecule has 1 aromatic heterocycles. The molecule has 1 aromatic carbocycles. The average Bonchev–Trinajstić information content (AvgIpc) is 2.91. The van der Waals surface area contributed by atoms with Crippen molar-refractivity contribution < 1.29 is 4.42 Å². The highest BCUT2D eigenvalue weighted by atomic mass is 35.5. The molecule has 1 aliphatic heterocycles. The lowest BCUT2D eigenvalue weighted by molar-refractivity contribution is 0.171. The average molecular weight is 308 g/mol. The van der Waals surface area contributed by atoms with Gasteiger partial charge < -0.3 is 4.42 Å². The summed E-state index contributed by atoms with van der Waals surface area (Å²) < 4.78 is 5.78. The number of rotatable bonds is 3. The van der Waals surface area contributed by atoms with Gasteiger partial charge in [-0.1, -0.05) is 24.6 Å². The van der Waals surface area contributed by atoms with Crippen molar-refractivity contribution in [3.8, 4) is 11.5 Å². The smallest absolute Gasteiger partial charge is 0.247 e. The third kappa shape index (κ3) is 4.05. The SMILES string of the molecule is Cc1ccc(-c2nnc(CN3CCC(C)CC3)o2)cc1.Cl. The van der Waals surface area contributed by atoms with Crippen LogP contribution in [0.4, 0.5) is 0 Å². The van der Waals surface area contributed by atoms with Crippen molar-refractivity contribution in [2.75, 3.05) is 13.1 Å². The van der Waals surface area contributed by atoms with Crippen molar-refractivity contribution >= 4 is 12.4 Å². The molecule has 0 bridgehead atoms. The molecule has 5 heteroatoms. The van der Waals surface area contributed by atoms with Crippen LogP contribution in [0.1, 0.15) is 31.2 Å². The van der Waals surface area contributed by atoms with Gasteiger partial charge in [-0.05, 0) is 50.9 Å². The molecule has 1 fully saturated rings. The zero-order valence-corrected chi connectivity index (χ0v) is 13.4. The molecule has 114 valence electrons. The Hall–Kier alpha value is -1.39. The monoisotopic (exact) mass is 307 g/mol. The summed E-state index contributed by atoms with van der Waals surface area (Å²) in [5, 5.41) is 8.32. The van der Waals surface area contributed by atoms with Crippen molar-refractivity contribution in [2.45, 2.75) is 33.2 Å². The van der Waals surface area contributed by atoms with Crippen LogP contribution >= 0.6 is 12.4 Å². The maximum absolute atomic E-state index is 5.78. The Morgan fingerprint density at radius 1 is 1.14 bits per heavy atom. The van der Waals surface area contributed by atoms with E-state index in [-0.39, 0.29) is 12.4 Å². The van der Waals surface area contributed by atoms with Gasteiger partial charge in [-0.2, -0.15) is 0 Å². The van der Waals surface area contributed by atoms with E-state index in [0.717, 1.165) is 37.0 Å². The topological polar surface area (TPSA) is 42.2 Å². The standard InChI is InChI=1S/C16H21N3O.ClH/c1-12-3-5-14(6-4-12)16-18-17-15(20-16)11-19-9-7-13(2)8-10-19;/h3-6,13H,7-11H2,1-2H3;1H. The molecule has 0 unspecified atom stereocenters. The van der Waals surface area contributed by atoms with Crippen LogP contribution in [0.2, 0.25) is 0 Å². The maximum Gasteiger partial charge on any atom is 0.247 e. The van der Waals surface area contributed by atoms with Gasteiger partial charge in [-0.3, -0.25) is 4.90 Å². The Morgan fingerprint density at radius 3 is 2.48 bits per heavy atom. The second-order valence-corrected chi connectivity index (χ2v) is 5.83. The van der Waals surface area contributed by atoms with Crippen LogP contribution in [0.3, 0.4) is 0 Å². The second-order valence-electron chi connectivity index (χ2n) is 5.83. The molecule has 3 rings (SSSR count). The lowest BCUT2D eigenvalue weighted by Gasteiger charge is -2.28. The summed E-state index contributed by atoms with van der Waals surface area (Å²) in [6.07, 6.45) is 2.53. The second kappa shape index (κ2) is 7.05. The molecular weight excluding hydrogens is 286 g/mol. The van der Waals surface area contributed by atoms with E-state index in [1.165, 1.54) is 18.4 Å². The van der Waals surface area contributed by atoms with Gasteiger partial charge in [-0.25, -0.2) is 0 Å². The highest BCUT2D eigenvalue weighted by Gasteiger charge is 2.18. The third-order valence-electron chi connectivity index (χ3n) is 4.00. The first-order valence-electron chi connectivity index (χ1n) is 7.32. The number of aromatic nitrogens is 2. The molecule has 0 aliphatic carbocycles. The van der Waals surface area contributed by atoms with E-state index in [4.69, 9.17) is 4.42 Å². The van der Waals surface area contributed by atoms with E-state index < -0.39 is 0 Å².